The molecule has 1 aliphatic heterocycles. The van der Waals surface area contributed by atoms with E-state index in [0.717, 1.165) is 10.0 Å². The highest BCUT2D eigenvalue weighted by Crippen LogP contribution is 2.43. The van der Waals surface area contributed by atoms with Crippen LogP contribution in [-0.2, 0) is 6.61 Å². The lowest BCUT2D eigenvalue weighted by atomic mass is 9.97. The number of nitrogens with zero attached hydrogens (tertiary/aromatic N) is 1. The van der Waals surface area contributed by atoms with Crippen molar-refractivity contribution < 1.29 is 18.7 Å². The van der Waals surface area contributed by atoms with Crippen LogP contribution in [0, 0.1) is 0 Å². The Kier molecular flexibility index (Phi) is 6.21. The minimum atomic E-state index is -0.711. The van der Waals surface area contributed by atoms with Crippen LogP contribution in [0.25, 0.3) is 11.0 Å². The molecule has 7 heteroatoms. The highest BCUT2D eigenvalue weighted by molar-refractivity contribution is 9.10. The van der Waals surface area contributed by atoms with E-state index in [4.69, 9.17) is 13.9 Å². The van der Waals surface area contributed by atoms with Crippen molar-refractivity contribution in [2.45, 2.75) is 12.6 Å². The van der Waals surface area contributed by atoms with E-state index in [2.05, 4.69) is 15.9 Å². The first-order valence-electron chi connectivity index (χ1n) is 12.0. The van der Waals surface area contributed by atoms with Gasteiger partial charge >= 0.3 is 0 Å². The fourth-order valence-electron chi connectivity index (χ4n) is 4.81. The third kappa shape index (κ3) is 4.15. The van der Waals surface area contributed by atoms with Crippen LogP contribution in [0.15, 0.2) is 111 Å². The van der Waals surface area contributed by atoms with Crippen LogP contribution in [0.2, 0.25) is 0 Å². The number of halogens is 1. The van der Waals surface area contributed by atoms with Crippen LogP contribution in [0.1, 0.15) is 33.3 Å². The first-order chi connectivity index (χ1) is 18.5. The van der Waals surface area contributed by atoms with Crippen LogP contribution in [0.5, 0.6) is 11.5 Å². The molecule has 2 heterocycles. The molecule has 1 amide bonds. The largest absolute Gasteiger partial charge is 0.493 e. The number of rotatable bonds is 6. The zero-order chi connectivity index (χ0) is 26.2. The maximum Gasteiger partial charge on any atom is 0.295 e. The van der Waals surface area contributed by atoms with Crippen molar-refractivity contribution in [1.29, 1.82) is 0 Å². The molecular formula is C31H22BrNO5. The van der Waals surface area contributed by atoms with Gasteiger partial charge in [-0.05, 0) is 59.7 Å². The van der Waals surface area contributed by atoms with E-state index < -0.39 is 6.04 Å². The van der Waals surface area contributed by atoms with Gasteiger partial charge in [0.05, 0.1) is 24.1 Å². The monoisotopic (exact) mass is 567 g/mol. The second-order valence-corrected chi connectivity index (χ2v) is 9.82. The summed E-state index contributed by atoms with van der Waals surface area (Å²) in [5, 5.41) is 0.427. The fourth-order valence-corrected chi connectivity index (χ4v) is 5.08. The van der Waals surface area contributed by atoms with Crippen molar-refractivity contribution in [1.82, 2.24) is 0 Å². The number of carbonyl (C=O) groups is 1. The Morgan fingerprint density at radius 1 is 0.868 bits per heavy atom. The average Bonchev–Trinajstić information content (AvgIpc) is 3.25. The topological polar surface area (TPSA) is 69.0 Å². The summed E-state index contributed by atoms with van der Waals surface area (Å²) in [6, 6.07) is 29.0. The standard InChI is InChI=1S/C31H22BrNO5/c1-36-26-17-20(11-16-25(26)37-18-19-7-3-2-4-8-19)28-27-29(34)23-9-5-6-10-24(23)38-30(27)31(35)33(28)22-14-12-21(32)13-15-22/h2-17,28H,18H2,1H3. The van der Waals surface area contributed by atoms with Gasteiger partial charge in [-0.3, -0.25) is 14.5 Å². The normalized spacial score (nSPS) is 14.5. The molecule has 6 rings (SSSR count). The summed E-state index contributed by atoms with van der Waals surface area (Å²) in [7, 11) is 1.57. The second-order valence-electron chi connectivity index (χ2n) is 8.91. The molecule has 0 spiro atoms. The van der Waals surface area contributed by atoms with Crippen LogP contribution < -0.4 is 19.8 Å². The Balaban J connectivity index is 1.48. The summed E-state index contributed by atoms with van der Waals surface area (Å²) in [5.74, 6) is 0.731. The summed E-state index contributed by atoms with van der Waals surface area (Å²) in [4.78, 5) is 29.1. The number of hydrogen-bond donors (Lipinski definition) is 0. The molecular weight excluding hydrogens is 546 g/mol. The predicted octanol–water partition coefficient (Wildman–Crippen LogP) is 6.89. The summed E-state index contributed by atoms with van der Waals surface area (Å²) >= 11 is 3.45. The highest BCUT2D eigenvalue weighted by Gasteiger charge is 2.43. The number of anilines is 1. The van der Waals surface area contributed by atoms with Crippen molar-refractivity contribution in [2.75, 3.05) is 12.0 Å². The van der Waals surface area contributed by atoms with E-state index in [0.29, 0.717) is 45.9 Å². The van der Waals surface area contributed by atoms with Crippen molar-refractivity contribution in [3.05, 3.63) is 134 Å². The number of amides is 1. The lowest BCUT2D eigenvalue weighted by molar-refractivity contribution is 0.0971. The Morgan fingerprint density at radius 3 is 2.37 bits per heavy atom. The van der Waals surface area contributed by atoms with Crippen molar-refractivity contribution in [2.24, 2.45) is 0 Å². The summed E-state index contributed by atoms with van der Waals surface area (Å²) < 4.78 is 18.6. The second kappa shape index (κ2) is 9.84. The minimum absolute atomic E-state index is 0.0463. The lowest BCUT2D eigenvalue weighted by Crippen LogP contribution is -2.29. The highest BCUT2D eigenvalue weighted by atomic mass is 79.9. The van der Waals surface area contributed by atoms with E-state index >= 15 is 0 Å². The molecule has 1 aliphatic rings. The van der Waals surface area contributed by atoms with Crippen LogP contribution >= 0.6 is 15.9 Å². The Labute approximate surface area is 227 Å². The molecule has 188 valence electrons. The zero-order valence-electron chi connectivity index (χ0n) is 20.4. The Bertz CT molecular complexity index is 1710. The first-order valence-corrected chi connectivity index (χ1v) is 12.8. The Morgan fingerprint density at radius 2 is 1.61 bits per heavy atom. The van der Waals surface area contributed by atoms with E-state index in [9.17, 15) is 9.59 Å². The van der Waals surface area contributed by atoms with Gasteiger partial charge in [-0.1, -0.05) is 64.5 Å². The number of fused-ring (bicyclic) bond motifs is 2. The molecule has 6 nitrogen and oxygen atoms in total. The van der Waals surface area contributed by atoms with Gasteiger partial charge in [-0.25, -0.2) is 0 Å². The molecule has 0 fully saturated rings. The van der Waals surface area contributed by atoms with Gasteiger partial charge in [0.15, 0.2) is 16.9 Å². The third-order valence-corrected chi connectivity index (χ3v) is 7.15. The van der Waals surface area contributed by atoms with Crippen LogP contribution in [0.4, 0.5) is 5.69 Å². The van der Waals surface area contributed by atoms with Crippen molar-refractivity contribution in [3.63, 3.8) is 0 Å². The van der Waals surface area contributed by atoms with Crippen molar-refractivity contribution >= 4 is 38.5 Å². The maximum atomic E-state index is 13.8. The van der Waals surface area contributed by atoms with Gasteiger partial charge in [0.2, 0.25) is 5.76 Å². The van der Waals surface area contributed by atoms with Gasteiger partial charge in [0.25, 0.3) is 5.91 Å². The first kappa shape index (κ1) is 24.0. The van der Waals surface area contributed by atoms with Gasteiger partial charge < -0.3 is 13.9 Å². The molecule has 4 aromatic carbocycles. The van der Waals surface area contributed by atoms with Crippen molar-refractivity contribution in [3.8, 4) is 11.5 Å². The minimum Gasteiger partial charge on any atom is -0.493 e. The molecule has 0 radical (unpaired) electrons. The summed E-state index contributed by atoms with van der Waals surface area (Å²) in [6.07, 6.45) is 0. The number of ether oxygens (including phenoxy) is 2. The average molecular weight is 568 g/mol. The van der Waals surface area contributed by atoms with Crippen LogP contribution in [-0.4, -0.2) is 13.0 Å². The molecule has 0 bridgehead atoms. The van der Waals surface area contributed by atoms with E-state index in [1.165, 1.54) is 0 Å². The lowest BCUT2D eigenvalue weighted by Gasteiger charge is -2.26. The summed E-state index contributed by atoms with van der Waals surface area (Å²) in [6.45, 7) is 0.377. The molecule has 38 heavy (non-hydrogen) atoms. The summed E-state index contributed by atoms with van der Waals surface area (Å²) in [5.41, 5.74) is 2.82. The number of benzene rings is 4. The van der Waals surface area contributed by atoms with E-state index in [1.54, 1.807) is 36.3 Å². The van der Waals surface area contributed by atoms with Gasteiger partial charge in [0.1, 0.15) is 12.2 Å². The molecule has 0 saturated heterocycles. The maximum absolute atomic E-state index is 13.8. The molecule has 0 saturated carbocycles. The van der Waals surface area contributed by atoms with Gasteiger partial charge in [-0.2, -0.15) is 0 Å². The van der Waals surface area contributed by atoms with Gasteiger partial charge in [0, 0.05) is 10.2 Å². The number of carbonyl (C=O) groups excluding carboxylic acids is 1. The molecule has 5 aromatic rings. The smallest absolute Gasteiger partial charge is 0.295 e. The Hall–Kier alpha value is -4.36. The number of hydrogen-bond acceptors (Lipinski definition) is 5. The molecule has 1 aromatic heterocycles. The zero-order valence-corrected chi connectivity index (χ0v) is 22.0. The quantitative estimate of drug-likeness (QED) is 0.223. The molecule has 0 aliphatic carbocycles. The predicted molar refractivity (Wildman–Crippen MR) is 149 cm³/mol. The fraction of sp³-hybridized carbons (Fsp3) is 0.0968. The van der Waals surface area contributed by atoms with E-state index in [1.807, 2.05) is 72.8 Å². The van der Waals surface area contributed by atoms with Crippen LogP contribution in [0.3, 0.4) is 0 Å². The molecule has 1 atom stereocenters. The van der Waals surface area contributed by atoms with Gasteiger partial charge in [-0.15, -0.1) is 0 Å². The number of methoxy groups -OCH3 is 1. The number of para-hydroxylation sites is 1. The molecule has 1 unspecified atom stereocenters. The van der Waals surface area contributed by atoms with E-state index in [-0.39, 0.29) is 17.1 Å². The molecule has 0 N–H and O–H groups in total. The SMILES string of the molecule is COc1cc(C2c3c(oc4ccccc4c3=O)C(=O)N2c2ccc(Br)cc2)ccc1OCc1ccccc1. The third-order valence-electron chi connectivity index (χ3n) is 6.62.